The normalized spacial score (nSPS) is 34.3. The van der Waals surface area contributed by atoms with Crippen molar-refractivity contribution in [3.63, 3.8) is 0 Å². The number of rotatable bonds is 0. The fraction of sp³-hybridized carbons (Fsp3) is 0.625. The molecule has 0 N–H and O–H groups in total. The van der Waals surface area contributed by atoms with Crippen LogP contribution in [0.4, 0.5) is 5.69 Å². The van der Waals surface area contributed by atoms with Crippen LogP contribution in [0.15, 0.2) is 18.2 Å². The minimum absolute atomic E-state index is 0.781. The van der Waals surface area contributed by atoms with E-state index in [1.165, 1.54) is 38.0 Å². The predicted octanol–water partition coefficient (Wildman–Crippen LogP) is 2.80. The lowest BCUT2D eigenvalue weighted by atomic mass is 9.71. The Balaban J connectivity index is 1.85. The minimum atomic E-state index is 0.781. The van der Waals surface area contributed by atoms with Gasteiger partial charge in [0.1, 0.15) is 0 Å². The van der Waals surface area contributed by atoms with Crippen molar-refractivity contribution in [2.75, 3.05) is 32.1 Å². The fourth-order valence-electron chi connectivity index (χ4n) is 4.61. The Morgan fingerprint density at radius 2 is 2.11 bits per heavy atom. The highest BCUT2D eigenvalue weighted by molar-refractivity contribution is 5.64. The summed E-state index contributed by atoms with van der Waals surface area (Å²) in [5.41, 5.74) is 4.87. The Morgan fingerprint density at radius 1 is 1.22 bits per heavy atom. The van der Waals surface area contributed by atoms with Crippen molar-refractivity contribution in [3.05, 3.63) is 29.3 Å². The van der Waals surface area contributed by atoms with Crippen molar-refractivity contribution in [2.45, 2.75) is 37.1 Å². The van der Waals surface area contributed by atoms with Crippen LogP contribution in [-0.4, -0.2) is 38.1 Å². The average Bonchev–Trinajstić information content (AvgIpc) is 2.70. The van der Waals surface area contributed by atoms with Crippen molar-refractivity contribution in [1.82, 2.24) is 4.90 Å². The second kappa shape index (κ2) is 3.74. The smallest absolute Gasteiger partial charge is 0.0402 e. The number of hydrogen-bond donors (Lipinski definition) is 0. The highest BCUT2D eigenvalue weighted by Crippen LogP contribution is 2.51. The molecule has 3 atom stereocenters. The molecule has 2 aliphatic heterocycles. The van der Waals surface area contributed by atoms with E-state index in [0.717, 1.165) is 17.9 Å². The van der Waals surface area contributed by atoms with Crippen LogP contribution in [-0.2, 0) is 0 Å². The van der Waals surface area contributed by atoms with E-state index in [2.05, 4.69) is 42.1 Å². The quantitative estimate of drug-likeness (QED) is 0.690. The molecule has 1 fully saturated rings. The van der Waals surface area contributed by atoms with Crippen LogP contribution in [0.1, 0.15) is 42.2 Å². The van der Waals surface area contributed by atoms with Crippen LogP contribution in [0.25, 0.3) is 0 Å². The molecule has 0 saturated carbocycles. The molecule has 0 aromatic heterocycles. The first-order valence-corrected chi connectivity index (χ1v) is 7.30. The van der Waals surface area contributed by atoms with Gasteiger partial charge in [-0.2, -0.15) is 0 Å². The minimum Gasteiger partial charge on any atom is -0.374 e. The number of benzene rings is 1. The number of nitrogens with zero attached hydrogens (tertiary/aromatic N) is 2. The molecule has 2 heteroatoms. The van der Waals surface area contributed by atoms with Crippen LogP contribution >= 0.6 is 0 Å². The maximum Gasteiger partial charge on any atom is 0.0402 e. The van der Waals surface area contributed by atoms with Gasteiger partial charge in [-0.1, -0.05) is 12.1 Å². The third kappa shape index (κ3) is 1.33. The Kier molecular flexibility index (Phi) is 2.25. The fourth-order valence-corrected chi connectivity index (χ4v) is 4.61. The van der Waals surface area contributed by atoms with Crippen molar-refractivity contribution in [2.24, 2.45) is 0 Å². The van der Waals surface area contributed by atoms with Crippen LogP contribution < -0.4 is 4.90 Å². The Bertz CT molecular complexity index is 482. The lowest BCUT2D eigenvalue weighted by Crippen LogP contribution is -2.45. The highest BCUT2D eigenvalue weighted by atomic mass is 15.2. The maximum absolute atomic E-state index is 2.61. The molecule has 0 spiro atoms. The maximum atomic E-state index is 2.61. The SMILES string of the molecule is CN1C[C@H]2C[C@H]3[C@H](CCCN3C)c3cccc1c32. The predicted molar refractivity (Wildman–Crippen MR) is 75.5 cm³/mol. The molecule has 0 amide bonds. The molecule has 1 aromatic rings. The van der Waals surface area contributed by atoms with E-state index in [4.69, 9.17) is 0 Å². The molecule has 2 heterocycles. The summed E-state index contributed by atoms with van der Waals surface area (Å²) in [6.07, 6.45) is 4.12. The Morgan fingerprint density at radius 3 is 3.00 bits per heavy atom. The molecule has 1 saturated heterocycles. The molecule has 2 nitrogen and oxygen atoms in total. The van der Waals surface area contributed by atoms with Gasteiger partial charge in [0.25, 0.3) is 0 Å². The summed E-state index contributed by atoms with van der Waals surface area (Å²) in [5, 5.41) is 0. The van der Waals surface area contributed by atoms with Gasteiger partial charge in [-0.15, -0.1) is 0 Å². The van der Waals surface area contributed by atoms with E-state index >= 15 is 0 Å². The zero-order valence-electron chi connectivity index (χ0n) is 11.4. The first kappa shape index (κ1) is 10.9. The summed E-state index contributed by atoms with van der Waals surface area (Å²) in [5.74, 6) is 1.57. The summed E-state index contributed by atoms with van der Waals surface area (Å²) in [7, 11) is 4.58. The van der Waals surface area contributed by atoms with E-state index in [1.54, 1.807) is 11.1 Å². The van der Waals surface area contributed by atoms with E-state index in [-0.39, 0.29) is 0 Å². The molecule has 0 bridgehead atoms. The van der Waals surface area contributed by atoms with Gasteiger partial charge < -0.3 is 9.80 Å². The number of likely N-dealkylation sites (N-methyl/N-ethyl adjacent to an activating group) is 2. The van der Waals surface area contributed by atoms with Gasteiger partial charge in [0.05, 0.1) is 0 Å². The van der Waals surface area contributed by atoms with Crippen molar-refractivity contribution in [1.29, 1.82) is 0 Å². The summed E-state index contributed by atoms with van der Waals surface area (Å²) >= 11 is 0. The van der Waals surface area contributed by atoms with Gasteiger partial charge in [-0.25, -0.2) is 0 Å². The van der Waals surface area contributed by atoms with Crippen LogP contribution in [0.5, 0.6) is 0 Å². The topological polar surface area (TPSA) is 6.48 Å². The molecular weight excluding hydrogens is 220 g/mol. The van der Waals surface area contributed by atoms with Gasteiger partial charge >= 0.3 is 0 Å². The zero-order valence-corrected chi connectivity index (χ0v) is 11.4. The van der Waals surface area contributed by atoms with Gasteiger partial charge in [0, 0.05) is 31.2 Å². The lowest BCUT2D eigenvalue weighted by molar-refractivity contribution is 0.136. The molecule has 4 rings (SSSR count). The van der Waals surface area contributed by atoms with E-state index in [1.807, 2.05) is 0 Å². The van der Waals surface area contributed by atoms with Gasteiger partial charge in [-0.3, -0.25) is 0 Å². The van der Waals surface area contributed by atoms with E-state index < -0.39 is 0 Å². The Hall–Kier alpha value is -1.02. The second-order valence-electron chi connectivity index (χ2n) is 6.39. The second-order valence-corrected chi connectivity index (χ2v) is 6.39. The third-order valence-corrected chi connectivity index (χ3v) is 5.41. The standard InChI is InChI=1S/C16H22N2/c1-17-8-4-6-12-13-5-3-7-14-16(13)11(9-15(12)17)10-18(14)2/h3,5,7,11-12,15H,4,6,8-10H2,1-2H3/t11-,12-,15+/m1/s1. The molecule has 0 unspecified atom stereocenters. The molecule has 1 aliphatic carbocycles. The molecule has 96 valence electrons. The van der Waals surface area contributed by atoms with Crippen molar-refractivity contribution in [3.8, 4) is 0 Å². The van der Waals surface area contributed by atoms with Crippen LogP contribution in [0, 0.1) is 0 Å². The van der Waals surface area contributed by atoms with Gasteiger partial charge in [-0.05, 0) is 56.0 Å². The summed E-state index contributed by atoms with van der Waals surface area (Å²) in [6, 6.07) is 7.77. The average molecular weight is 242 g/mol. The highest BCUT2D eigenvalue weighted by Gasteiger charge is 2.42. The van der Waals surface area contributed by atoms with Crippen LogP contribution in [0.3, 0.4) is 0 Å². The van der Waals surface area contributed by atoms with Gasteiger partial charge in [0.15, 0.2) is 0 Å². The summed E-state index contributed by atoms with van der Waals surface area (Å²) in [6.45, 7) is 2.52. The number of fused-ring (bicyclic) bond motifs is 2. The van der Waals surface area contributed by atoms with Gasteiger partial charge in [0.2, 0.25) is 0 Å². The van der Waals surface area contributed by atoms with E-state index in [9.17, 15) is 0 Å². The molecule has 3 aliphatic rings. The number of anilines is 1. The zero-order chi connectivity index (χ0) is 12.3. The van der Waals surface area contributed by atoms with Crippen LogP contribution in [0.2, 0.25) is 0 Å². The van der Waals surface area contributed by atoms with E-state index in [0.29, 0.717) is 0 Å². The molecule has 0 radical (unpaired) electrons. The lowest BCUT2D eigenvalue weighted by Gasteiger charge is -2.44. The first-order chi connectivity index (χ1) is 8.75. The Labute approximate surface area is 110 Å². The molecular formula is C16H22N2. The van der Waals surface area contributed by atoms with Crippen molar-refractivity contribution >= 4 is 5.69 Å². The largest absolute Gasteiger partial charge is 0.374 e. The summed E-state index contributed by atoms with van der Waals surface area (Å²) < 4.78 is 0. The third-order valence-electron chi connectivity index (χ3n) is 5.41. The van der Waals surface area contributed by atoms with Crippen molar-refractivity contribution < 1.29 is 0 Å². The number of piperidine rings is 1. The monoisotopic (exact) mass is 242 g/mol. The molecule has 1 aromatic carbocycles. The number of likely N-dealkylation sites (tertiary alicyclic amines) is 1. The molecule has 18 heavy (non-hydrogen) atoms. The number of hydrogen-bond acceptors (Lipinski definition) is 2. The summed E-state index contributed by atoms with van der Waals surface area (Å²) in [4.78, 5) is 5.07. The first-order valence-electron chi connectivity index (χ1n) is 7.30.